The van der Waals surface area contributed by atoms with E-state index in [-0.39, 0.29) is 6.54 Å². The molecule has 1 N–H and O–H groups in total. The second-order valence-corrected chi connectivity index (χ2v) is 9.25. The Kier molecular flexibility index (Phi) is 7.37. The van der Waals surface area contributed by atoms with E-state index in [9.17, 15) is 17.6 Å². The summed E-state index contributed by atoms with van der Waals surface area (Å²) in [6, 6.07) is 16.7. The number of nitrogens with zero attached hydrogens (tertiary/aromatic N) is 1. The SMILES string of the molecule is CCOc1ccc(C(=O)Nc2ccccc2Cl)cc1CN(c1ccc(F)cc1)S(C)(=O)=O. The van der Waals surface area contributed by atoms with E-state index in [0.717, 1.165) is 10.6 Å². The quantitative estimate of drug-likeness (QED) is 0.491. The molecule has 0 heterocycles. The highest BCUT2D eigenvalue weighted by Crippen LogP contribution is 2.28. The van der Waals surface area contributed by atoms with Crippen LogP contribution in [0.5, 0.6) is 5.75 Å². The van der Waals surface area contributed by atoms with Crippen LogP contribution in [0.4, 0.5) is 15.8 Å². The summed E-state index contributed by atoms with van der Waals surface area (Å²) in [5.74, 6) is -0.442. The molecule has 0 aliphatic carbocycles. The van der Waals surface area contributed by atoms with Crippen LogP contribution in [0.3, 0.4) is 0 Å². The van der Waals surface area contributed by atoms with E-state index in [1.807, 2.05) is 0 Å². The molecule has 1 amide bonds. The molecule has 3 aromatic rings. The summed E-state index contributed by atoms with van der Waals surface area (Å²) in [6.45, 7) is 2.05. The van der Waals surface area contributed by atoms with Gasteiger partial charge in [0.1, 0.15) is 11.6 Å². The van der Waals surface area contributed by atoms with Crippen molar-refractivity contribution < 1.29 is 22.3 Å². The predicted molar refractivity (Wildman–Crippen MR) is 124 cm³/mol. The van der Waals surface area contributed by atoms with E-state index >= 15 is 0 Å². The van der Waals surface area contributed by atoms with Gasteiger partial charge in [0.05, 0.1) is 35.8 Å². The summed E-state index contributed by atoms with van der Waals surface area (Å²) in [4.78, 5) is 12.8. The van der Waals surface area contributed by atoms with Crippen LogP contribution in [0.15, 0.2) is 66.7 Å². The molecular weight excluding hydrogens is 455 g/mol. The molecule has 0 unspecified atom stereocenters. The van der Waals surface area contributed by atoms with Gasteiger partial charge in [-0.1, -0.05) is 23.7 Å². The number of nitrogens with one attached hydrogen (secondary N) is 1. The van der Waals surface area contributed by atoms with Gasteiger partial charge >= 0.3 is 0 Å². The molecule has 6 nitrogen and oxygen atoms in total. The van der Waals surface area contributed by atoms with Gasteiger partial charge in [-0.3, -0.25) is 9.10 Å². The highest BCUT2D eigenvalue weighted by atomic mass is 35.5. The smallest absolute Gasteiger partial charge is 0.255 e. The largest absolute Gasteiger partial charge is 0.494 e. The summed E-state index contributed by atoms with van der Waals surface area (Å²) < 4.78 is 45.1. The lowest BCUT2D eigenvalue weighted by atomic mass is 10.1. The van der Waals surface area contributed by atoms with Gasteiger partial charge in [-0.25, -0.2) is 12.8 Å². The molecule has 0 aromatic heterocycles. The Morgan fingerprint density at radius 2 is 1.78 bits per heavy atom. The summed E-state index contributed by atoms with van der Waals surface area (Å²) in [5, 5.41) is 3.14. The number of rotatable bonds is 8. The standard InChI is InChI=1S/C23H22ClFN2O4S/c1-3-31-22-13-8-16(23(28)26-21-7-5-4-6-20(21)24)14-17(22)15-27(32(2,29)30)19-11-9-18(25)10-12-19/h4-14H,3,15H2,1-2H3,(H,26,28). The molecule has 0 saturated heterocycles. The van der Waals surface area contributed by atoms with Crippen molar-refractivity contribution in [3.63, 3.8) is 0 Å². The molecule has 0 atom stereocenters. The maximum Gasteiger partial charge on any atom is 0.255 e. The van der Waals surface area contributed by atoms with E-state index < -0.39 is 21.7 Å². The van der Waals surface area contributed by atoms with Crippen LogP contribution in [0.25, 0.3) is 0 Å². The maximum atomic E-state index is 13.3. The zero-order valence-corrected chi connectivity index (χ0v) is 19.1. The van der Waals surface area contributed by atoms with Crippen LogP contribution in [-0.2, 0) is 16.6 Å². The normalized spacial score (nSPS) is 11.1. The molecule has 0 fully saturated rings. The number of sulfonamides is 1. The highest BCUT2D eigenvalue weighted by Gasteiger charge is 2.21. The number of benzene rings is 3. The third-order valence-corrected chi connectivity index (χ3v) is 6.04. The Hall–Kier alpha value is -3.10. The second-order valence-electron chi connectivity index (χ2n) is 6.94. The van der Waals surface area contributed by atoms with Gasteiger partial charge < -0.3 is 10.1 Å². The monoisotopic (exact) mass is 476 g/mol. The topological polar surface area (TPSA) is 75.7 Å². The second kappa shape index (κ2) is 10.0. The summed E-state index contributed by atoms with van der Waals surface area (Å²) in [6.07, 6.45) is 1.06. The van der Waals surface area contributed by atoms with E-state index in [1.54, 1.807) is 49.4 Å². The molecule has 0 aliphatic rings. The van der Waals surface area contributed by atoms with Crippen LogP contribution in [0, 0.1) is 5.82 Å². The van der Waals surface area contributed by atoms with Crippen molar-refractivity contribution in [2.75, 3.05) is 22.5 Å². The number of halogens is 2. The molecule has 32 heavy (non-hydrogen) atoms. The molecule has 0 aliphatic heterocycles. The lowest BCUT2D eigenvalue weighted by Crippen LogP contribution is -2.29. The van der Waals surface area contributed by atoms with Crippen molar-refractivity contribution in [3.8, 4) is 5.75 Å². The third-order valence-electron chi connectivity index (χ3n) is 4.57. The summed E-state index contributed by atoms with van der Waals surface area (Å²) in [7, 11) is -3.71. The average Bonchev–Trinajstić information content (AvgIpc) is 2.74. The minimum absolute atomic E-state index is 0.104. The predicted octanol–water partition coefficient (Wildman–Crippen LogP) is 5.10. The zero-order chi connectivity index (χ0) is 23.3. The van der Waals surface area contributed by atoms with E-state index in [0.29, 0.717) is 39.9 Å². The van der Waals surface area contributed by atoms with E-state index in [2.05, 4.69) is 5.32 Å². The third kappa shape index (κ3) is 5.77. The van der Waals surface area contributed by atoms with Crippen molar-refractivity contribution in [2.24, 2.45) is 0 Å². The Morgan fingerprint density at radius 3 is 2.41 bits per heavy atom. The number of amides is 1. The average molecular weight is 477 g/mol. The minimum atomic E-state index is -3.71. The highest BCUT2D eigenvalue weighted by molar-refractivity contribution is 7.92. The van der Waals surface area contributed by atoms with Gasteiger partial charge in [-0.05, 0) is 61.5 Å². The number of carbonyl (C=O) groups excluding carboxylic acids is 1. The molecule has 0 radical (unpaired) electrons. The maximum absolute atomic E-state index is 13.3. The van der Waals surface area contributed by atoms with E-state index in [4.69, 9.17) is 16.3 Å². The number of anilines is 2. The first-order valence-electron chi connectivity index (χ1n) is 9.74. The van der Waals surface area contributed by atoms with Crippen LogP contribution < -0.4 is 14.4 Å². The fraction of sp³-hybridized carbons (Fsp3) is 0.174. The molecule has 0 saturated carbocycles. The van der Waals surface area contributed by atoms with Crippen molar-refractivity contribution in [2.45, 2.75) is 13.5 Å². The molecule has 168 valence electrons. The zero-order valence-electron chi connectivity index (χ0n) is 17.5. The molecule has 0 spiro atoms. The molecule has 3 aromatic carbocycles. The molecular formula is C23H22ClFN2O4S. The fourth-order valence-corrected chi connectivity index (χ4v) is 4.12. The Bertz CT molecular complexity index is 1220. The van der Waals surface area contributed by atoms with E-state index in [1.165, 1.54) is 24.3 Å². The van der Waals surface area contributed by atoms with Gasteiger partial charge in [0.2, 0.25) is 10.0 Å². The number of hydrogen-bond acceptors (Lipinski definition) is 4. The van der Waals surface area contributed by atoms with Crippen LogP contribution >= 0.6 is 11.6 Å². The van der Waals surface area contributed by atoms with Crippen LogP contribution in [0.2, 0.25) is 5.02 Å². The Morgan fingerprint density at radius 1 is 1.09 bits per heavy atom. The van der Waals surface area contributed by atoms with Gasteiger partial charge in [-0.15, -0.1) is 0 Å². The van der Waals surface area contributed by atoms with Crippen molar-refractivity contribution in [1.82, 2.24) is 0 Å². The number of para-hydroxylation sites is 1. The first kappa shape index (κ1) is 23.6. The summed E-state index contributed by atoms with van der Waals surface area (Å²) in [5.41, 5.74) is 1.53. The molecule has 9 heteroatoms. The Balaban J connectivity index is 1.97. The number of carbonyl (C=O) groups is 1. The summed E-state index contributed by atoms with van der Waals surface area (Å²) >= 11 is 6.12. The number of ether oxygens (including phenoxy) is 1. The molecule has 0 bridgehead atoms. The lowest BCUT2D eigenvalue weighted by Gasteiger charge is -2.24. The van der Waals surface area contributed by atoms with Crippen LogP contribution in [0.1, 0.15) is 22.8 Å². The van der Waals surface area contributed by atoms with Gasteiger partial charge in [0.15, 0.2) is 0 Å². The minimum Gasteiger partial charge on any atom is -0.494 e. The first-order valence-corrected chi connectivity index (χ1v) is 12.0. The van der Waals surface area contributed by atoms with Gasteiger partial charge in [0.25, 0.3) is 5.91 Å². The van der Waals surface area contributed by atoms with Crippen LogP contribution in [-0.4, -0.2) is 27.2 Å². The number of hydrogen-bond donors (Lipinski definition) is 1. The van der Waals surface area contributed by atoms with Gasteiger partial charge in [0, 0.05) is 11.1 Å². The lowest BCUT2D eigenvalue weighted by molar-refractivity contribution is 0.102. The Labute approximate surface area is 191 Å². The van der Waals surface area contributed by atoms with Crippen molar-refractivity contribution >= 4 is 38.9 Å². The van der Waals surface area contributed by atoms with Gasteiger partial charge in [-0.2, -0.15) is 0 Å². The molecule has 3 rings (SSSR count). The van der Waals surface area contributed by atoms with Crippen molar-refractivity contribution in [1.29, 1.82) is 0 Å². The van der Waals surface area contributed by atoms with Crippen molar-refractivity contribution in [3.05, 3.63) is 88.7 Å². The first-order chi connectivity index (χ1) is 15.2. The fourth-order valence-electron chi connectivity index (χ4n) is 3.06.